The average molecular weight is 277 g/mol. The third-order valence-corrected chi connectivity index (χ3v) is 4.59. The fourth-order valence-electron chi connectivity index (χ4n) is 1.86. The monoisotopic (exact) mass is 276 g/mol. The average Bonchev–Trinajstić information content (AvgIpc) is 2.57. The first-order chi connectivity index (χ1) is 6.64. The Morgan fingerprint density at radius 1 is 1.64 bits per heavy atom. The van der Waals surface area contributed by atoms with Gasteiger partial charge in [-0.25, -0.2) is 0 Å². The number of hydrogen-bond donors (Lipinski definition) is 1. The van der Waals surface area contributed by atoms with Crippen LogP contribution in [0.4, 0.5) is 0 Å². The molecule has 0 bridgehead atoms. The zero-order chi connectivity index (χ0) is 10.2. The summed E-state index contributed by atoms with van der Waals surface area (Å²) in [6.07, 6.45) is 0.684. The lowest BCUT2D eigenvalue weighted by Gasteiger charge is -2.38. The Balaban J connectivity index is 2.34. The van der Waals surface area contributed by atoms with Crippen molar-refractivity contribution in [1.29, 1.82) is 0 Å². The fraction of sp³-hybridized carbons (Fsp3) is 0.600. The summed E-state index contributed by atoms with van der Waals surface area (Å²) in [4.78, 5) is 0. The third-order valence-electron chi connectivity index (χ3n) is 2.89. The minimum absolute atomic E-state index is 0.155. The van der Waals surface area contributed by atoms with Crippen LogP contribution in [0.5, 0.6) is 0 Å². The van der Waals surface area contributed by atoms with Crippen molar-refractivity contribution < 1.29 is 9.84 Å². The van der Waals surface area contributed by atoms with Gasteiger partial charge in [-0.15, -0.1) is 0 Å². The molecule has 1 aliphatic rings. The van der Waals surface area contributed by atoms with Gasteiger partial charge in [0.25, 0.3) is 0 Å². The van der Waals surface area contributed by atoms with Gasteiger partial charge in [0, 0.05) is 34.4 Å². The van der Waals surface area contributed by atoms with E-state index in [9.17, 15) is 5.11 Å². The van der Waals surface area contributed by atoms with E-state index >= 15 is 0 Å². The first-order valence-electron chi connectivity index (χ1n) is 4.67. The molecule has 1 N–H and O–H groups in total. The van der Waals surface area contributed by atoms with E-state index in [2.05, 4.69) is 15.9 Å². The van der Waals surface area contributed by atoms with Crippen LogP contribution in [-0.4, -0.2) is 18.3 Å². The van der Waals surface area contributed by atoms with Gasteiger partial charge < -0.3 is 9.84 Å². The van der Waals surface area contributed by atoms with E-state index in [1.54, 1.807) is 11.3 Å². The summed E-state index contributed by atoms with van der Waals surface area (Å²) >= 11 is 5.09. The van der Waals surface area contributed by atoms with E-state index in [-0.39, 0.29) is 5.92 Å². The lowest BCUT2D eigenvalue weighted by Crippen LogP contribution is -2.41. The molecule has 1 fully saturated rings. The van der Waals surface area contributed by atoms with E-state index in [4.69, 9.17) is 4.74 Å². The summed E-state index contributed by atoms with van der Waals surface area (Å²) in [5.74, 6) is 0.155. The molecule has 1 saturated heterocycles. The van der Waals surface area contributed by atoms with Gasteiger partial charge in [0.1, 0.15) is 0 Å². The smallest absolute Gasteiger partial charge is 0.0984 e. The van der Waals surface area contributed by atoms with Crippen LogP contribution in [0.2, 0.25) is 0 Å². The standard InChI is InChI=1S/C10H13BrO2S/c1-7-4-13-3-2-10(7,12)8-5-14-6-9(8)11/h5-7,12H,2-4H2,1H3. The second kappa shape index (κ2) is 3.93. The molecular weight excluding hydrogens is 264 g/mol. The molecule has 14 heavy (non-hydrogen) atoms. The summed E-state index contributed by atoms with van der Waals surface area (Å²) in [5.41, 5.74) is 0.301. The van der Waals surface area contributed by atoms with Crippen molar-refractivity contribution in [2.75, 3.05) is 13.2 Å². The number of halogens is 1. The van der Waals surface area contributed by atoms with E-state index in [0.717, 1.165) is 10.0 Å². The maximum absolute atomic E-state index is 10.6. The van der Waals surface area contributed by atoms with Crippen molar-refractivity contribution >= 4 is 27.3 Å². The normalized spacial score (nSPS) is 33.2. The quantitative estimate of drug-likeness (QED) is 0.855. The van der Waals surface area contributed by atoms with Crippen molar-refractivity contribution in [2.45, 2.75) is 18.9 Å². The number of thiophene rings is 1. The van der Waals surface area contributed by atoms with Crippen molar-refractivity contribution in [2.24, 2.45) is 5.92 Å². The Kier molecular flexibility index (Phi) is 2.98. The Morgan fingerprint density at radius 3 is 3.00 bits per heavy atom. The van der Waals surface area contributed by atoms with Gasteiger partial charge in [0.05, 0.1) is 12.2 Å². The molecule has 1 aromatic heterocycles. The summed E-state index contributed by atoms with van der Waals surface area (Å²) in [5, 5.41) is 14.6. The second-order valence-electron chi connectivity index (χ2n) is 3.78. The van der Waals surface area contributed by atoms with Gasteiger partial charge in [-0.2, -0.15) is 11.3 Å². The number of rotatable bonds is 1. The molecule has 78 valence electrons. The highest BCUT2D eigenvalue weighted by atomic mass is 79.9. The molecule has 2 rings (SSSR count). The van der Waals surface area contributed by atoms with Crippen molar-refractivity contribution in [1.82, 2.24) is 0 Å². The third kappa shape index (κ3) is 1.65. The molecule has 0 saturated carbocycles. The zero-order valence-electron chi connectivity index (χ0n) is 8.00. The summed E-state index contributed by atoms with van der Waals surface area (Å²) < 4.78 is 6.36. The molecule has 0 aromatic carbocycles. The van der Waals surface area contributed by atoms with Gasteiger partial charge in [0.15, 0.2) is 0 Å². The minimum Gasteiger partial charge on any atom is -0.385 e. The van der Waals surface area contributed by atoms with Gasteiger partial charge >= 0.3 is 0 Å². The highest BCUT2D eigenvalue weighted by Gasteiger charge is 2.39. The number of aliphatic hydroxyl groups is 1. The molecule has 2 unspecified atom stereocenters. The fourth-order valence-corrected chi connectivity index (χ4v) is 3.58. The Morgan fingerprint density at radius 2 is 2.43 bits per heavy atom. The first kappa shape index (κ1) is 10.6. The number of hydrogen-bond acceptors (Lipinski definition) is 3. The van der Waals surface area contributed by atoms with Gasteiger partial charge in [0.2, 0.25) is 0 Å². The summed E-state index contributed by atoms with van der Waals surface area (Å²) in [7, 11) is 0. The molecule has 0 radical (unpaired) electrons. The van der Waals surface area contributed by atoms with Crippen LogP contribution in [0.3, 0.4) is 0 Å². The van der Waals surface area contributed by atoms with Crippen LogP contribution in [0.15, 0.2) is 15.2 Å². The van der Waals surface area contributed by atoms with E-state index in [1.807, 2.05) is 17.7 Å². The lowest BCUT2D eigenvalue weighted by molar-refractivity contribution is -0.111. The molecule has 1 aliphatic heterocycles. The van der Waals surface area contributed by atoms with Crippen molar-refractivity contribution in [3.05, 3.63) is 20.8 Å². The predicted molar refractivity (Wildman–Crippen MR) is 60.5 cm³/mol. The van der Waals surface area contributed by atoms with Crippen LogP contribution in [0, 0.1) is 5.92 Å². The van der Waals surface area contributed by atoms with E-state index in [1.165, 1.54) is 0 Å². The van der Waals surface area contributed by atoms with Crippen molar-refractivity contribution in [3.8, 4) is 0 Å². The van der Waals surface area contributed by atoms with E-state index in [0.29, 0.717) is 19.6 Å². The molecule has 0 spiro atoms. The van der Waals surface area contributed by atoms with Gasteiger partial charge in [-0.05, 0) is 21.3 Å². The molecule has 0 aliphatic carbocycles. The molecule has 2 nitrogen and oxygen atoms in total. The highest BCUT2D eigenvalue weighted by Crippen LogP contribution is 2.41. The lowest BCUT2D eigenvalue weighted by atomic mass is 9.80. The van der Waals surface area contributed by atoms with E-state index < -0.39 is 5.60 Å². The largest absolute Gasteiger partial charge is 0.385 e. The molecule has 1 aromatic rings. The van der Waals surface area contributed by atoms with Crippen LogP contribution >= 0.6 is 27.3 Å². The second-order valence-corrected chi connectivity index (χ2v) is 5.38. The SMILES string of the molecule is CC1COCCC1(O)c1cscc1Br. The Bertz CT molecular complexity index is 326. The Labute approximate surface area is 96.0 Å². The zero-order valence-corrected chi connectivity index (χ0v) is 10.4. The maximum atomic E-state index is 10.6. The molecule has 2 heterocycles. The van der Waals surface area contributed by atoms with Crippen LogP contribution in [0.25, 0.3) is 0 Å². The predicted octanol–water partition coefficient (Wildman–Crippen LogP) is 2.75. The molecular formula is C10H13BrO2S. The summed E-state index contributed by atoms with van der Waals surface area (Å²) in [6.45, 7) is 3.31. The van der Waals surface area contributed by atoms with Crippen LogP contribution in [-0.2, 0) is 10.3 Å². The maximum Gasteiger partial charge on any atom is 0.0984 e. The van der Waals surface area contributed by atoms with Crippen LogP contribution in [0.1, 0.15) is 18.9 Å². The molecule has 4 heteroatoms. The minimum atomic E-state index is -0.711. The summed E-state index contributed by atoms with van der Waals surface area (Å²) in [6, 6.07) is 0. The van der Waals surface area contributed by atoms with Gasteiger partial charge in [-0.3, -0.25) is 0 Å². The Hall–Kier alpha value is 0.100. The van der Waals surface area contributed by atoms with Gasteiger partial charge in [-0.1, -0.05) is 6.92 Å². The molecule has 0 amide bonds. The first-order valence-corrected chi connectivity index (χ1v) is 6.40. The topological polar surface area (TPSA) is 29.5 Å². The van der Waals surface area contributed by atoms with Crippen molar-refractivity contribution in [3.63, 3.8) is 0 Å². The van der Waals surface area contributed by atoms with Crippen LogP contribution < -0.4 is 0 Å². The molecule has 2 atom stereocenters. The number of ether oxygens (including phenoxy) is 1. The highest BCUT2D eigenvalue weighted by molar-refractivity contribution is 9.10.